The zero-order valence-corrected chi connectivity index (χ0v) is 34.5. The van der Waals surface area contributed by atoms with Crippen LogP contribution in [-0.2, 0) is 0 Å². The van der Waals surface area contributed by atoms with E-state index in [-0.39, 0.29) is 6.04 Å². The molecule has 1 aliphatic heterocycles. The minimum absolute atomic E-state index is 0.0558. The van der Waals surface area contributed by atoms with E-state index in [0.717, 1.165) is 50.7 Å². The van der Waals surface area contributed by atoms with E-state index in [4.69, 9.17) is 4.99 Å². The average Bonchev–Trinajstić information content (AvgIpc) is 3.87. The lowest BCUT2D eigenvalue weighted by atomic mass is 9.98. The average molecular weight is 777 g/mol. The van der Waals surface area contributed by atoms with E-state index in [1.54, 1.807) is 0 Å². The second kappa shape index (κ2) is 16.8. The fourth-order valence-electron chi connectivity index (χ4n) is 8.60. The lowest BCUT2D eigenvalue weighted by Crippen LogP contribution is -2.31. The van der Waals surface area contributed by atoms with Crippen LogP contribution in [0.2, 0.25) is 0 Å². The molecular weight excluding hydrogens is 729 g/mol. The molecule has 11 rings (SSSR count). The fourth-order valence-corrected chi connectivity index (χ4v) is 8.60. The van der Waals surface area contributed by atoms with Crippen LogP contribution in [0.25, 0.3) is 71.8 Å². The number of rotatable bonds is 6. The van der Waals surface area contributed by atoms with Gasteiger partial charge in [-0.2, -0.15) is 0 Å². The molecule has 292 valence electrons. The van der Waals surface area contributed by atoms with Crippen LogP contribution in [0.15, 0.2) is 211 Å². The van der Waals surface area contributed by atoms with Gasteiger partial charge < -0.3 is 14.5 Å². The molecule has 1 N–H and O–H groups in total. The van der Waals surface area contributed by atoms with Gasteiger partial charge in [0.15, 0.2) is 0 Å². The van der Waals surface area contributed by atoms with E-state index in [0.29, 0.717) is 0 Å². The number of nitrogens with one attached hydrogen (secondary N) is 1. The number of hydrogen-bond acceptors (Lipinski definition) is 2. The predicted octanol–water partition coefficient (Wildman–Crippen LogP) is 14.7. The SMILES string of the molecule is C1=C(c2ccccc2)N=C(c2cc(-c3ccccc3)cc(-n3c4ccccc4c4ccc5c(c6ccccc6n5-c5ccccc5)c43)c2)NC1c1ccccc1.CC.CC. The molecule has 1 unspecified atom stereocenters. The van der Waals surface area contributed by atoms with Crippen LogP contribution in [0, 0.1) is 0 Å². The van der Waals surface area contributed by atoms with Gasteiger partial charge in [0.1, 0.15) is 5.84 Å². The van der Waals surface area contributed by atoms with Crippen molar-refractivity contribution in [1.29, 1.82) is 0 Å². The van der Waals surface area contributed by atoms with Crippen LogP contribution in [0.4, 0.5) is 0 Å². The maximum Gasteiger partial charge on any atom is 0.134 e. The molecule has 4 nitrogen and oxygen atoms in total. The summed E-state index contributed by atoms with van der Waals surface area (Å²) in [7, 11) is 0. The molecule has 1 aliphatic rings. The molecule has 0 spiro atoms. The standard InChI is InChI=1S/C52H36N4.2C2H6/c1-5-17-35(18-6-1)38-31-39(52-53-45(36-19-7-2-8-20-36)34-46(54-52)37-21-9-3-10-22-37)33-41(32-38)56-47-27-15-13-25-42(47)43-29-30-49-50(51(43)56)44-26-14-16-28-48(44)55(49)40-23-11-4-12-24-40;2*1-2/h1-34,45H,(H,53,54);2*1-2H3. The molecule has 4 heteroatoms. The molecule has 0 aliphatic carbocycles. The van der Waals surface area contributed by atoms with Crippen molar-refractivity contribution in [1.82, 2.24) is 14.5 Å². The minimum Gasteiger partial charge on any atom is -0.359 e. The second-order valence-electron chi connectivity index (χ2n) is 14.4. The molecule has 2 aromatic heterocycles. The Morgan fingerprint density at radius 3 is 1.65 bits per heavy atom. The van der Waals surface area contributed by atoms with E-state index in [1.807, 2.05) is 27.7 Å². The molecule has 0 radical (unpaired) electrons. The van der Waals surface area contributed by atoms with Gasteiger partial charge in [-0.1, -0.05) is 179 Å². The van der Waals surface area contributed by atoms with Gasteiger partial charge in [0, 0.05) is 38.5 Å². The largest absolute Gasteiger partial charge is 0.359 e. The molecule has 0 saturated heterocycles. The monoisotopic (exact) mass is 776 g/mol. The summed E-state index contributed by atoms with van der Waals surface area (Å²) in [6.07, 6.45) is 2.24. The summed E-state index contributed by atoms with van der Waals surface area (Å²) in [4.78, 5) is 5.36. The second-order valence-corrected chi connectivity index (χ2v) is 14.4. The van der Waals surface area contributed by atoms with Crippen molar-refractivity contribution in [2.24, 2.45) is 4.99 Å². The van der Waals surface area contributed by atoms with Crippen molar-refractivity contribution in [3.8, 4) is 22.5 Å². The number of fused-ring (bicyclic) bond motifs is 7. The van der Waals surface area contributed by atoms with Crippen LogP contribution >= 0.6 is 0 Å². The summed E-state index contributed by atoms with van der Waals surface area (Å²) in [5.41, 5.74) is 13.5. The topological polar surface area (TPSA) is 34.2 Å². The highest BCUT2D eigenvalue weighted by atomic mass is 15.1. The zero-order valence-electron chi connectivity index (χ0n) is 34.5. The van der Waals surface area contributed by atoms with E-state index < -0.39 is 0 Å². The first kappa shape index (κ1) is 38.1. The van der Waals surface area contributed by atoms with Crippen molar-refractivity contribution in [3.05, 3.63) is 223 Å². The molecular formula is C56H48N4. The Kier molecular flexibility index (Phi) is 10.7. The molecule has 3 heterocycles. The highest BCUT2D eigenvalue weighted by molar-refractivity contribution is 6.26. The van der Waals surface area contributed by atoms with Crippen LogP contribution in [0.5, 0.6) is 0 Å². The maximum atomic E-state index is 5.36. The Hall–Kier alpha value is -7.43. The Morgan fingerprint density at radius 1 is 0.417 bits per heavy atom. The molecule has 0 fully saturated rings. The maximum absolute atomic E-state index is 5.36. The normalized spacial score (nSPS) is 13.5. The van der Waals surface area contributed by atoms with E-state index in [1.165, 1.54) is 43.7 Å². The molecule has 60 heavy (non-hydrogen) atoms. The third-order valence-corrected chi connectivity index (χ3v) is 11.1. The lowest BCUT2D eigenvalue weighted by Gasteiger charge is -2.25. The quantitative estimate of drug-likeness (QED) is 0.179. The predicted molar refractivity (Wildman–Crippen MR) is 257 cm³/mol. The molecule has 1 atom stereocenters. The van der Waals surface area contributed by atoms with Gasteiger partial charge >= 0.3 is 0 Å². The summed E-state index contributed by atoms with van der Waals surface area (Å²) in [5.74, 6) is 0.839. The van der Waals surface area contributed by atoms with E-state index in [9.17, 15) is 0 Å². The van der Waals surface area contributed by atoms with E-state index >= 15 is 0 Å². The summed E-state index contributed by atoms with van der Waals surface area (Å²) >= 11 is 0. The first-order valence-electron chi connectivity index (χ1n) is 21.2. The number of nitrogens with zero attached hydrogens (tertiary/aromatic N) is 3. The third-order valence-electron chi connectivity index (χ3n) is 11.1. The smallest absolute Gasteiger partial charge is 0.134 e. The third kappa shape index (κ3) is 6.76. The highest BCUT2D eigenvalue weighted by Gasteiger charge is 2.24. The van der Waals surface area contributed by atoms with Gasteiger partial charge in [-0.25, -0.2) is 4.99 Å². The molecule has 0 saturated carbocycles. The van der Waals surface area contributed by atoms with Crippen molar-refractivity contribution < 1.29 is 0 Å². The summed E-state index contributed by atoms with van der Waals surface area (Å²) in [5, 5.41) is 8.75. The summed E-state index contributed by atoms with van der Waals surface area (Å²) in [6.45, 7) is 8.00. The Labute approximate surface area is 352 Å². The Balaban J connectivity index is 0.00000112. The van der Waals surface area contributed by atoms with Gasteiger partial charge in [-0.15, -0.1) is 0 Å². The Morgan fingerprint density at radius 2 is 0.967 bits per heavy atom. The van der Waals surface area contributed by atoms with Gasteiger partial charge in [0.2, 0.25) is 0 Å². The molecule has 0 bridgehead atoms. The number of benzene rings is 8. The van der Waals surface area contributed by atoms with Gasteiger partial charge in [0.25, 0.3) is 0 Å². The summed E-state index contributed by atoms with van der Waals surface area (Å²) in [6, 6.07) is 71.6. The number of amidine groups is 1. The lowest BCUT2D eigenvalue weighted by molar-refractivity contribution is 0.781. The van der Waals surface area contributed by atoms with Crippen LogP contribution < -0.4 is 5.32 Å². The first-order valence-corrected chi connectivity index (χ1v) is 21.2. The summed E-state index contributed by atoms with van der Waals surface area (Å²) < 4.78 is 4.89. The van der Waals surface area contributed by atoms with E-state index in [2.05, 4.69) is 221 Å². The van der Waals surface area contributed by atoms with Crippen LogP contribution in [0.3, 0.4) is 0 Å². The number of para-hydroxylation sites is 3. The van der Waals surface area contributed by atoms with Gasteiger partial charge in [-0.3, -0.25) is 0 Å². The number of aliphatic imine (C=N–C) groups is 1. The van der Waals surface area contributed by atoms with Gasteiger partial charge in [0.05, 0.1) is 33.8 Å². The number of aromatic nitrogens is 2. The molecule has 8 aromatic carbocycles. The molecule has 10 aromatic rings. The number of hydrogen-bond donors (Lipinski definition) is 1. The molecule has 0 amide bonds. The van der Waals surface area contributed by atoms with Crippen molar-refractivity contribution in [2.75, 3.05) is 0 Å². The fraction of sp³-hybridized carbons (Fsp3) is 0.0893. The van der Waals surface area contributed by atoms with Crippen molar-refractivity contribution >= 4 is 55.1 Å². The first-order chi connectivity index (χ1) is 29.8. The highest BCUT2D eigenvalue weighted by Crippen LogP contribution is 2.42. The van der Waals surface area contributed by atoms with Gasteiger partial charge in [-0.05, 0) is 76.9 Å². The Bertz CT molecular complexity index is 3140. The minimum atomic E-state index is -0.0558. The zero-order chi connectivity index (χ0) is 41.0. The van der Waals surface area contributed by atoms with Crippen molar-refractivity contribution in [2.45, 2.75) is 33.7 Å². The van der Waals surface area contributed by atoms with Crippen LogP contribution in [-0.4, -0.2) is 15.0 Å². The van der Waals surface area contributed by atoms with Crippen molar-refractivity contribution in [3.63, 3.8) is 0 Å². The van der Waals surface area contributed by atoms with Crippen LogP contribution in [0.1, 0.15) is 50.4 Å².